The lowest BCUT2D eigenvalue weighted by Crippen LogP contribution is -2.51. The molecule has 0 spiro atoms. The van der Waals surface area contributed by atoms with E-state index in [0.717, 1.165) is 19.4 Å². The molecule has 1 aliphatic heterocycles. The molecule has 1 fully saturated rings. The Morgan fingerprint density at radius 3 is 2.89 bits per heavy atom. The van der Waals surface area contributed by atoms with E-state index in [9.17, 15) is 9.59 Å². The Balaban J connectivity index is 2.48. The summed E-state index contributed by atoms with van der Waals surface area (Å²) < 4.78 is 0. The molecule has 100 valence electrons. The van der Waals surface area contributed by atoms with Gasteiger partial charge in [0, 0.05) is 13.1 Å². The highest BCUT2D eigenvalue weighted by Crippen LogP contribution is 2.17. The maximum Gasteiger partial charge on any atom is 0.321 e. The molecule has 2 unspecified atom stereocenters. The van der Waals surface area contributed by atoms with Crippen molar-refractivity contribution in [1.29, 1.82) is 5.26 Å². The van der Waals surface area contributed by atoms with Crippen LogP contribution in [0.1, 0.15) is 26.7 Å². The number of nitriles is 1. The van der Waals surface area contributed by atoms with Crippen LogP contribution in [0.5, 0.6) is 0 Å². The number of piperidine rings is 1. The van der Waals surface area contributed by atoms with E-state index in [0.29, 0.717) is 13.1 Å². The van der Waals surface area contributed by atoms with Crippen LogP contribution >= 0.6 is 0 Å². The van der Waals surface area contributed by atoms with Gasteiger partial charge in [0.2, 0.25) is 5.91 Å². The van der Waals surface area contributed by atoms with Crippen LogP contribution in [-0.2, 0) is 4.79 Å². The fourth-order valence-electron chi connectivity index (χ4n) is 2.05. The molecule has 2 atom stereocenters. The number of urea groups is 1. The Morgan fingerprint density at radius 2 is 2.28 bits per heavy atom. The van der Waals surface area contributed by atoms with Gasteiger partial charge in [-0.15, -0.1) is 0 Å². The second-order valence-corrected chi connectivity index (χ2v) is 4.49. The molecule has 0 radical (unpaired) electrons. The highest BCUT2D eigenvalue weighted by molar-refractivity contribution is 5.96. The van der Waals surface area contributed by atoms with Gasteiger partial charge in [0.25, 0.3) is 0 Å². The van der Waals surface area contributed by atoms with E-state index >= 15 is 0 Å². The predicted molar refractivity (Wildman–Crippen MR) is 66.6 cm³/mol. The molecule has 0 aromatic rings. The first kappa shape index (κ1) is 14.5. The molecular weight excluding hydrogens is 232 g/mol. The van der Waals surface area contributed by atoms with Gasteiger partial charge in [0.15, 0.2) is 0 Å². The van der Waals surface area contributed by atoms with E-state index in [4.69, 9.17) is 5.26 Å². The van der Waals surface area contributed by atoms with Crippen molar-refractivity contribution in [2.75, 3.05) is 19.6 Å². The summed E-state index contributed by atoms with van der Waals surface area (Å²) in [7, 11) is 0. The van der Waals surface area contributed by atoms with E-state index in [1.165, 1.54) is 0 Å². The van der Waals surface area contributed by atoms with Gasteiger partial charge in [0.05, 0.1) is 18.0 Å². The standard InChI is InChI=1S/C12H20N4O2/c1-3-14-12(18)15-11(17)9(2)16-6-4-5-10(7-13)8-16/h9-10H,3-6,8H2,1-2H3,(H2,14,15,17,18). The van der Waals surface area contributed by atoms with Gasteiger partial charge in [-0.25, -0.2) is 4.79 Å². The normalized spacial score (nSPS) is 21.7. The summed E-state index contributed by atoms with van der Waals surface area (Å²) in [6.45, 7) is 5.42. The zero-order chi connectivity index (χ0) is 13.5. The van der Waals surface area contributed by atoms with Crippen molar-refractivity contribution >= 4 is 11.9 Å². The third kappa shape index (κ3) is 4.00. The number of carbonyl (C=O) groups is 2. The third-order valence-electron chi connectivity index (χ3n) is 3.14. The molecule has 0 aromatic heterocycles. The third-order valence-corrected chi connectivity index (χ3v) is 3.14. The summed E-state index contributed by atoms with van der Waals surface area (Å²) in [4.78, 5) is 25.0. The largest absolute Gasteiger partial charge is 0.338 e. The summed E-state index contributed by atoms with van der Waals surface area (Å²) in [5.74, 6) is -0.335. The van der Waals surface area contributed by atoms with Crippen molar-refractivity contribution in [1.82, 2.24) is 15.5 Å². The highest BCUT2D eigenvalue weighted by atomic mass is 16.2. The molecule has 3 amide bonds. The zero-order valence-corrected chi connectivity index (χ0v) is 10.9. The SMILES string of the molecule is CCNC(=O)NC(=O)C(C)N1CCCC(C#N)C1. The van der Waals surface area contributed by atoms with Crippen LogP contribution in [0.4, 0.5) is 4.79 Å². The summed E-state index contributed by atoms with van der Waals surface area (Å²) in [6, 6.07) is 1.38. The van der Waals surface area contributed by atoms with Crippen LogP contribution < -0.4 is 10.6 Å². The first-order valence-corrected chi connectivity index (χ1v) is 6.30. The Labute approximate surface area is 107 Å². The predicted octanol–water partition coefficient (Wildman–Crippen LogP) is 0.456. The maximum atomic E-state index is 11.8. The molecule has 1 saturated heterocycles. The van der Waals surface area contributed by atoms with Gasteiger partial charge in [0.1, 0.15) is 0 Å². The summed E-state index contributed by atoms with van der Waals surface area (Å²) in [5, 5.41) is 13.7. The molecule has 0 aliphatic carbocycles. The van der Waals surface area contributed by atoms with Crippen molar-refractivity contribution in [2.45, 2.75) is 32.7 Å². The lowest BCUT2D eigenvalue weighted by molar-refractivity contribution is -0.125. The van der Waals surface area contributed by atoms with Crippen molar-refractivity contribution < 1.29 is 9.59 Å². The fraction of sp³-hybridized carbons (Fsp3) is 0.750. The monoisotopic (exact) mass is 252 g/mol. The molecule has 0 saturated carbocycles. The fourth-order valence-corrected chi connectivity index (χ4v) is 2.05. The highest BCUT2D eigenvalue weighted by Gasteiger charge is 2.27. The molecular formula is C12H20N4O2. The zero-order valence-electron chi connectivity index (χ0n) is 10.9. The number of nitrogens with zero attached hydrogens (tertiary/aromatic N) is 2. The van der Waals surface area contributed by atoms with Crippen molar-refractivity contribution in [3.8, 4) is 6.07 Å². The van der Waals surface area contributed by atoms with Crippen LogP contribution in [0, 0.1) is 17.2 Å². The molecule has 2 N–H and O–H groups in total. The van der Waals surface area contributed by atoms with Crippen LogP contribution in [0.15, 0.2) is 0 Å². The molecule has 6 nitrogen and oxygen atoms in total. The maximum absolute atomic E-state index is 11.8. The lowest BCUT2D eigenvalue weighted by Gasteiger charge is -2.33. The Morgan fingerprint density at radius 1 is 1.56 bits per heavy atom. The number of imide groups is 1. The minimum atomic E-state index is -0.469. The Hall–Kier alpha value is -1.61. The van der Waals surface area contributed by atoms with Crippen molar-refractivity contribution in [3.63, 3.8) is 0 Å². The van der Waals surface area contributed by atoms with Crippen LogP contribution in [0.2, 0.25) is 0 Å². The number of nitrogens with one attached hydrogen (secondary N) is 2. The second kappa shape index (κ2) is 6.97. The Kier molecular flexibility index (Phi) is 5.59. The number of hydrogen-bond acceptors (Lipinski definition) is 4. The first-order valence-electron chi connectivity index (χ1n) is 6.30. The lowest BCUT2D eigenvalue weighted by atomic mass is 9.98. The molecule has 0 bridgehead atoms. The minimum Gasteiger partial charge on any atom is -0.338 e. The quantitative estimate of drug-likeness (QED) is 0.764. The van der Waals surface area contributed by atoms with Gasteiger partial charge < -0.3 is 5.32 Å². The van der Waals surface area contributed by atoms with E-state index < -0.39 is 6.03 Å². The molecule has 18 heavy (non-hydrogen) atoms. The van der Waals surface area contributed by atoms with E-state index in [1.54, 1.807) is 13.8 Å². The van der Waals surface area contributed by atoms with Gasteiger partial charge >= 0.3 is 6.03 Å². The molecule has 1 heterocycles. The number of carbonyl (C=O) groups excluding carboxylic acids is 2. The van der Waals surface area contributed by atoms with E-state index in [2.05, 4.69) is 16.7 Å². The van der Waals surface area contributed by atoms with Gasteiger partial charge in [-0.1, -0.05) is 0 Å². The number of hydrogen-bond donors (Lipinski definition) is 2. The van der Waals surface area contributed by atoms with Gasteiger partial charge in [-0.3, -0.25) is 15.0 Å². The second-order valence-electron chi connectivity index (χ2n) is 4.49. The molecule has 6 heteroatoms. The minimum absolute atomic E-state index is 0.0153. The number of amides is 3. The number of likely N-dealkylation sites (tertiary alicyclic amines) is 1. The summed E-state index contributed by atoms with van der Waals surface area (Å²) >= 11 is 0. The van der Waals surface area contributed by atoms with Crippen LogP contribution in [0.25, 0.3) is 0 Å². The van der Waals surface area contributed by atoms with Gasteiger partial charge in [-0.05, 0) is 33.2 Å². The molecule has 1 rings (SSSR count). The van der Waals surface area contributed by atoms with Crippen molar-refractivity contribution in [3.05, 3.63) is 0 Å². The van der Waals surface area contributed by atoms with Gasteiger partial charge in [-0.2, -0.15) is 5.26 Å². The molecule has 0 aromatic carbocycles. The summed E-state index contributed by atoms with van der Waals surface area (Å²) in [5.41, 5.74) is 0. The molecule has 1 aliphatic rings. The average Bonchev–Trinajstić information content (AvgIpc) is 2.38. The van der Waals surface area contributed by atoms with E-state index in [-0.39, 0.29) is 17.9 Å². The van der Waals surface area contributed by atoms with Crippen LogP contribution in [-0.4, -0.2) is 42.5 Å². The average molecular weight is 252 g/mol. The first-order chi connectivity index (χ1) is 8.58. The van der Waals surface area contributed by atoms with Crippen molar-refractivity contribution in [2.24, 2.45) is 5.92 Å². The van der Waals surface area contributed by atoms with E-state index in [1.807, 2.05) is 4.90 Å². The Bertz CT molecular complexity index is 350. The summed E-state index contributed by atoms with van der Waals surface area (Å²) in [6.07, 6.45) is 1.80. The smallest absolute Gasteiger partial charge is 0.321 e. The topological polar surface area (TPSA) is 85.2 Å². The number of rotatable bonds is 3. The van der Waals surface area contributed by atoms with Crippen LogP contribution in [0.3, 0.4) is 0 Å².